The summed E-state index contributed by atoms with van der Waals surface area (Å²) in [6, 6.07) is -0.0539. The quantitative estimate of drug-likeness (QED) is 0.376. The topological polar surface area (TPSA) is 126 Å². The molecule has 4 N–H and O–H groups in total. The van der Waals surface area contributed by atoms with E-state index in [-0.39, 0.29) is 6.04 Å². The number of halogens is 1. The lowest BCUT2D eigenvalue weighted by molar-refractivity contribution is -0.0283. The molecule has 4 rings (SSSR count). The molecule has 0 spiro atoms. The van der Waals surface area contributed by atoms with Crippen molar-refractivity contribution >= 4 is 39.6 Å². The highest BCUT2D eigenvalue weighted by Gasteiger charge is 2.43. The molecule has 1 aliphatic carbocycles. The molecule has 0 aromatic carbocycles. The van der Waals surface area contributed by atoms with E-state index in [1.807, 2.05) is 0 Å². The van der Waals surface area contributed by atoms with Crippen molar-refractivity contribution < 1.29 is 20.1 Å². The number of imidazole rings is 1. The molecule has 136 valence electrons. The molecule has 2 aromatic rings. The molecular formula is C15H20IN5O4. The molecule has 2 aromatic heterocycles. The molecule has 3 heterocycles. The molecule has 6 atom stereocenters. The van der Waals surface area contributed by atoms with E-state index in [0.717, 1.165) is 19.3 Å². The van der Waals surface area contributed by atoms with Crippen LogP contribution < -0.4 is 5.32 Å². The van der Waals surface area contributed by atoms with Gasteiger partial charge >= 0.3 is 0 Å². The minimum Gasteiger partial charge on any atom is -0.391 e. The highest BCUT2D eigenvalue weighted by Crippen LogP contribution is 2.33. The van der Waals surface area contributed by atoms with E-state index >= 15 is 0 Å². The smallest absolute Gasteiger partial charge is 0.167 e. The van der Waals surface area contributed by atoms with Crippen LogP contribution in [-0.4, -0.2) is 69.7 Å². The molecule has 2 aliphatic rings. The van der Waals surface area contributed by atoms with Gasteiger partial charge in [-0.25, -0.2) is 15.0 Å². The molecule has 0 radical (unpaired) electrons. The van der Waals surface area contributed by atoms with Crippen LogP contribution in [0.1, 0.15) is 25.5 Å². The minimum absolute atomic E-state index is 0.0539. The normalized spacial score (nSPS) is 35.5. The number of aromatic nitrogens is 4. The van der Waals surface area contributed by atoms with Gasteiger partial charge in [0.15, 0.2) is 23.2 Å². The molecule has 1 saturated heterocycles. The first-order valence-corrected chi connectivity index (χ1v) is 9.82. The van der Waals surface area contributed by atoms with Gasteiger partial charge in [-0.3, -0.25) is 4.57 Å². The van der Waals surface area contributed by atoms with Crippen LogP contribution in [0.4, 0.5) is 5.82 Å². The summed E-state index contributed by atoms with van der Waals surface area (Å²) < 4.78 is 7.96. The zero-order valence-corrected chi connectivity index (χ0v) is 15.5. The number of aliphatic hydroxyl groups is 3. The highest BCUT2D eigenvalue weighted by molar-refractivity contribution is 14.1. The maximum Gasteiger partial charge on any atom is 0.167 e. The second-order valence-corrected chi connectivity index (χ2v) is 7.38. The van der Waals surface area contributed by atoms with Crippen molar-refractivity contribution in [1.29, 1.82) is 0 Å². The summed E-state index contributed by atoms with van der Waals surface area (Å²) in [7, 11) is 0. The van der Waals surface area contributed by atoms with E-state index in [1.165, 1.54) is 12.7 Å². The van der Waals surface area contributed by atoms with Crippen molar-refractivity contribution in [2.24, 2.45) is 0 Å². The monoisotopic (exact) mass is 461 g/mol. The molecule has 0 amide bonds. The molecule has 0 bridgehead atoms. The third kappa shape index (κ3) is 2.99. The molecule has 10 heteroatoms. The summed E-state index contributed by atoms with van der Waals surface area (Å²) in [6.45, 7) is 0. The van der Waals surface area contributed by atoms with Gasteiger partial charge in [0.1, 0.15) is 18.5 Å². The van der Waals surface area contributed by atoms with Gasteiger partial charge < -0.3 is 25.4 Å². The zero-order chi connectivity index (χ0) is 17.6. The number of aliphatic hydroxyl groups excluding tert-OH is 3. The lowest BCUT2D eigenvalue weighted by atomic mass is 10.1. The Balaban J connectivity index is 1.65. The van der Waals surface area contributed by atoms with E-state index in [9.17, 15) is 15.3 Å². The fourth-order valence-corrected chi connectivity index (χ4v) is 4.24. The van der Waals surface area contributed by atoms with Crippen molar-refractivity contribution in [1.82, 2.24) is 19.5 Å². The van der Waals surface area contributed by atoms with Crippen molar-refractivity contribution in [3.05, 3.63) is 12.7 Å². The Morgan fingerprint density at radius 3 is 2.72 bits per heavy atom. The first-order chi connectivity index (χ1) is 12.1. The summed E-state index contributed by atoms with van der Waals surface area (Å²) in [5.74, 6) is 0.549. The van der Waals surface area contributed by atoms with E-state index in [1.54, 1.807) is 4.57 Å². The Hall–Kier alpha value is -1.08. The second-order valence-electron chi connectivity index (χ2n) is 6.50. The highest BCUT2D eigenvalue weighted by atomic mass is 127. The number of fused-ring (bicyclic) bond motifs is 1. The standard InChI is InChI=1S/C15H20IN5O4/c16-4-9-11(23)12(24)15(25-9)21-6-19-10-13(17-5-18-14(10)21)20-7-2-1-3-8(7)22/h5-9,11-12,15,22-24H,1-4H2,(H,17,18,20)/t7?,8?,9-,11-,12-,15-/m1/s1. The first kappa shape index (κ1) is 17.3. The van der Waals surface area contributed by atoms with Crippen LogP contribution in [-0.2, 0) is 4.74 Å². The number of nitrogens with one attached hydrogen (secondary N) is 1. The average molecular weight is 461 g/mol. The molecule has 1 saturated carbocycles. The number of anilines is 1. The third-order valence-corrected chi connectivity index (χ3v) is 5.79. The largest absolute Gasteiger partial charge is 0.391 e. The summed E-state index contributed by atoms with van der Waals surface area (Å²) in [5.41, 5.74) is 1.06. The Bertz CT molecular complexity index is 759. The lowest BCUT2D eigenvalue weighted by Gasteiger charge is -2.18. The molecule has 2 fully saturated rings. The van der Waals surface area contributed by atoms with Crippen molar-refractivity contribution in [2.75, 3.05) is 9.74 Å². The Kier molecular flexibility index (Phi) is 4.79. The van der Waals surface area contributed by atoms with Gasteiger partial charge in [0.25, 0.3) is 0 Å². The lowest BCUT2D eigenvalue weighted by Crippen LogP contribution is -2.32. The summed E-state index contributed by atoms with van der Waals surface area (Å²) in [4.78, 5) is 12.9. The van der Waals surface area contributed by atoms with Gasteiger partial charge in [0.05, 0.1) is 24.6 Å². The first-order valence-electron chi connectivity index (χ1n) is 8.30. The number of hydrogen-bond donors (Lipinski definition) is 4. The van der Waals surface area contributed by atoms with Gasteiger partial charge in [0.2, 0.25) is 0 Å². The average Bonchev–Trinajstić information content (AvgIpc) is 3.29. The predicted molar refractivity (Wildman–Crippen MR) is 97.4 cm³/mol. The van der Waals surface area contributed by atoms with Gasteiger partial charge in [-0.15, -0.1) is 0 Å². The van der Waals surface area contributed by atoms with Gasteiger partial charge in [-0.2, -0.15) is 0 Å². The SMILES string of the molecule is OC1CCCC1Nc1ncnc2c1ncn2[C@@H]1O[C@H](CI)[C@@H](O)[C@H]1O. The maximum absolute atomic E-state index is 10.3. The second kappa shape index (κ2) is 6.91. The van der Waals surface area contributed by atoms with Gasteiger partial charge in [-0.05, 0) is 19.3 Å². The van der Waals surface area contributed by atoms with Crippen LogP contribution in [0.5, 0.6) is 0 Å². The van der Waals surface area contributed by atoms with Crippen molar-refractivity contribution in [2.45, 2.75) is 55.9 Å². The Labute approximate surface area is 157 Å². The van der Waals surface area contributed by atoms with E-state index in [4.69, 9.17) is 4.74 Å². The Morgan fingerprint density at radius 2 is 2.04 bits per heavy atom. The number of rotatable bonds is 4. The molecule has 9 nitrogen and oxygen atoms in total. The number of ether oxygens (including phenoxy) is 1. The molecule has 2 unspecified atom stereocenters. The van der Waals surface area contributed by atoms with Crippen LogP contribution in [0, 0.1) is 0 Å². The fourth-order valence-electron chi connectivity index (χ4n) is 3.51. The van der Waals surface area contributed by atoms with Crippen LogP contribution in [0.25, 0.3) is 11.2 Å². The minimum atomic E-state index is -1.06. The van der Waals surface area contributed by atoms with Crippen LogP contribution in [0.3, 0.4) is 0 Å². The van der Waals surface area contributed by atoms with Crippen LogP contribution in [0.15, 0.2) is 12.7 Å². The summed E-state index contributed by atoms with van der Waals surface area (Å²) >= 11 is 2.12. The van der Waals surface area contributed by atoms with Gasteiger partial charge in [0, 0.05) is 4.43 Å². The van der Waals surface area contributed by atoms with Crippen molar-refractivity contribution in [3.8, 4) is 0 Å². The van der Waals surface area contributed by atoms with Crippen molar-refractivity contribution in [3.63, 3.8) is 0 Å². The maximum atomic E-state index is 10.3. The Morgan fingerprint density at radius 1 is 1.20 bits per heavy atom. The number of nitrogens with zero attached hydrogens (tertiary/aromatic N) is 4. The van der Waals surface area contributed by atoms with E-state index in [0.29, 0.717) is 21.4 Å². The molecule has 1 aliphatic heterocycles. The predicted octanol–water partition coefficient (Wildman–Crippen LogP) is 0.206. The molecular weight excluding hydrogens is 441 g/mol. The van der Waals surface area contributed by atoms with Crippen LogP contribution >= 0.6 is 22.6 Å². The molecule has 25 heavy (non-hydrogen) atoms. The fraction of sp³-hybridized carbons (Fsp3) is 0.667. The summed E-state index contributed by atoms with van der Waals surface area (Å²) in [5, 5.41) is 33.6. The number of hydrogen-bond acceptors (Lipinski definition) is 8. The zero-order valence-electron chi connectivity index (χ0n) is 13.4. The van der Waals surface area contributed by atoms with Crippen LogP contribution in [0.2, 0.25) is 0 Å². The number of alkyl halides is 1. The summed E-state index contributed by atoms with van der Waals surface area (Å²) in [6.07, 6.45) is 1.98. The van der Waals surface area contributed by atoms with Gasteiger partial charge in [-0.1, -0.05) is 22.6 Å². The third-order valence-electron chi connectivity index (χ3n) is 4.92. The van der Waals surface area contributed by atoms with E-state index < -0.39 is 30.6 Å². The van der Waals surface area contributed by atoms with E-state index in [2.05, 4.69) is 42.9 Å².